The third kappa shape index (κ3) is 3.79. The molecule has 1 aromatic carbocycles. The minimum absolute atomic E-state index is 0.0561. The van der Waals surface area contributed by atoms with Crippen molar-refractivity contribution in [1.82, 2.24) is 19.9 Å². The number of ether oxygens (including phenoxy) is 1. The lowest BCUT2D eigenvalue weighted by molar-refractivity contribution is 0.0256. The van der Waals surface area contributed by atoms with Gasteiger partial charge in [0.05, 0.1) is 31.0 Å². The molecule has 164 valence electrons. The second-order valence-electron chi connectivity index (χ2n) is 7.62. The highest BCUT2D eigenvalue weighted by Gasteiger charge is 2.39. The maximum absolute atomic E-state index is 14.2. The fourth-order valence-corrected chi connectivity index (χ4v) is 3.79. The van der Waals surface area contributed by atoms with Crippen molar-refractivity contribution < 1.29 is 22.7 Å². The molecule has 1 saturated heterocycles. The second-order valence-corrected chi connectivity index (χ2v) is 7.62. The number of benzene rings is 1. The Morgan fingerprint density at radius 2 is 1.91 bits per heavy atom. The van der Waals surface area contributed by atoms with Gasteiger partial charge in [-0.05, 0) is 23.8 Å². The van der Waals surface area contributed by atoms with Gasteiger partial charge in [-0.15, -0.1) is 0 Å². The number of aromatic amines is 1. The van der Waals surface area contributed by atoms with E-state index in [-0.39, 0.29) is 18.8 Å². The first kappa shape index (κ1) is 20.1. The van der Waals surface area contributed by atoms with Crippen molar-refractivity contribution in [1.29, 1.82) is 0 Å². The number of aromatic nitrogens is 2. The summed E-state index contributed by atoms with van der Waals surface area (Å²) in [5.41, 5.74) is 1.69. The van der Waals surface area contributed by atoms with Crippen LogP contribution in [0.15, 0.2) is 54.0 Å². The number of pyridine rings is 1. The van der Waals surface area contributed by atoms with E-state index in [2.05, 4.69) is 15.1 Å². The molecule has 5 rings (SSSR count). The first-order valence-electron chi connectivity index (χ1n) is 10.00. The van der Waals surface area contributed by atoms with Crippen molar-refractivity contribution in [3.05, 3.63) is 71.9 Å². The smallest absolute Gasteiger partial charge is 0.341 e. The number of rotatable bonds is 4. The van der Waals surface area contributed by atoms with Crippen molar-refractivity contribution in [3.8, 4) is 17.0 Å². The fourth-order valence-electron chi connectivity index (χ4n) is 3.79. The maximum Gasteiger partial charge on any atom is 0.341 e. The van der Waals surface area contributed by atoms with E-state index in [0.717, 1.165) is 17.8 Å². The topological polar surface area (TPSA) is 73.8 Å². The van der Waals surface area contributed by atoms with Crippen LogP contribution in [0.3, 0.4) is 0 Å². The summed E-state index contributed by atoms with van der Waals surface area (Å²) in [5, 5.41) is 5.29. The highest BCUT2D eigenvalue weighted by Crippen LogP contribution is 2.32. The van der Waals surface area contributed by atoms with Crippen LogP contribution in [0.25, 0.3) is 11.3 Å². The highest BCUT2D eigenvalue weighted by atomic mass is 19.1. The molecule has 3 aromatic rings. The number of urea groups is 1. The van der Waals surface area contributed by atoms with Gasteiger partial charge in [0.25, 0.3) is 0 Å². The fraction of sp³-hybridized carbons (Fsp3) is 0.227. The molecule has 0 aliphatic carbocycles. The van der Waals surface area contributed by atoms with E-state index in [9.17, 15) is 18.0 Å². The molecular formula is C22H18F3N5O2. The Hall–Kier alpha value is -3.82. The van der Waals surface area contributed by atoms with Crippen molar-refractivity contribution in [3.63, 3.8) is 0 Å². The summed E-state index contributed by atoms with van der Waals surface area (Å²) >= 11 is 0. The van der Waals surface area contributed by atoms with Gasteiger partial charge in [-0.2, -0.15) is 5.10 Å². The van der Waals surface area contributed by atoms with Crippen LogP contribution in [0.2, 0.25) is 0 Å². The number of carbonyl (C=O) groups excluding carboxylic acids is 1. The van der Waals surface area contributed by atoms with E-state index < -0.39 is 35.6 Å². The first-order valence-corrected chi connectivity index (χ1v) is 10.00. The lowest BCUT2D eigenvalue weighted by atomic mass is 10.0. The van der Waals surface area contributed by atoms with E-state index in [1.807, 2.05) is 6.07 Å². The Labute approximate surface area is 181 Å². The van der Waals surface area contributed by atoms with Crippen LogP contribution in [0, 0.1) is 17.5 Å². The number of nitrogens with one attached hydrogen (secondary N) is 1. The van der Waals surface area contributed by atoms with Crippen LogP contribution in [0.1, 0.15) is 18.0 Å². The second kappa shape index (κ2) is 8.03. The minimum Gasteiger partial charge on any atom is -0.483 e. The third-order valence-corrected chi connectivity index (χ3v) is 5.42. The molecule has 0 radical (unpaired) electrons. The molecule has 4 heterocycles. The molecule has 32 heavy (non-hydrogen) atoms. The SMILES string of the molecule is O=C(N1CC(Oc2cc(-c3cc[nH]c3)ncc2F)C1)N1N=CCC1c1cc(F)cc(F)c1. The number of hydrogen-bond donors (Lipinski definition) is 1. The van der Waals surface area contributed by atoms with Gasteiger partial charge in [-0.25, -0.2) is 23.0 Å². The van der Waals surface area contributed by atoms with Crippen LogP contribution in [0.4, 0.5) is 18.0 Å². The number of likely N-dealkylation sites (tertiary alicyclic amines) is 1. The normalized spacial score (nSPS) is 18.2. The first-order chi connectivity index (χ1) is 15.5. The zero-order valence-electron chi connectivity index (χ0n) is 16.7. The summed E-state index contributed by atoms with van der Waals surface area (Å²) < 4.78 is 47.1. The molecule has 2 aliphatic heterocycles. The molecule has 2 aromatic heterocycles. The monoisotopic (exact) mass is 441 g/mol. The minimum atomic E-state index is -0.713. The molecule has 0 spiro atoms. The number of hydrazone groups is 1. The molecular weight excluding hydrogens is 423 g/mol. The van der Waals surface area contributed by atoms with Crippen molar-refractivity contribution >= 4 is 12.2 Å². The van der Waals surface area contributed by atoms with E-state index in [4.69, 9.17) is 4.74 Å². The molecule has 10 heteroatoms. The molecule has 1 atom stereocenters. The van der Waals surface area contributed by atoms with Crippen LogP contribution in [-0.2, 0) is 0 Å². The molecule has 1 unspecified atom stereocenters. The number of carbonyl (C=O) groups is 1. The molecule has 0 bridgehead atoms. The predicted octanol–water partition coefficient (Wildman–Crippen LogP) is 4.11. The largest absolute Gasteiger partial charge is 0.483 e. The number of halogens is 3. The Morgan fingerprint density at radius 3 is 2.62 bits per heavy atom. The van der Waals surface area contributed by atoms with Gasteiger partial charge in [-0.3, -0.25) is 4.98 Å². The van der Waals surface area contributed by atoms with Gasteiger partial charge < -0.3 is 14.6 Å². The zero-order valence-corrected chi connectivity index (χ0v) is 16.7. The van der Waals surface area contributed by atoms with Gasteiger partial charge in [0.1, 0.15) is 17.7 Å². The molecule has 0 saturated carbocycles. The molecule has 1 fully saturated rings. The average molecular weight is 441 g/mol. The summed E-state index contributed by atoms with van der Waals surface area (Å²) in [4.78, 5) is 21.3. The molecule has 7 nitrogen and oxygen atoms in total. The summed E-state index contributed by atoms with van der Waals surface area (Å²) in [7, 11) is 0. The van der Waals surface area contributed by atoms with E-state index >= 15 is 0 Å². The maximum atomic E-state index is 14.2. The number of H-pyrrole nitrogens is 1. The quantitative estimate of drug-likeness (QED) is 0.662. The predicted molar refractivity (Wildman–Crippen MR) is 109 cm³/mol. The number of hydrogen-bond acceptors (Lipinski definition) is 4. The van der Waals surface area contributed by atoms with Crippen LogP contribution < -0.4 is 4.74 Å². The molecule has 1 N–H and O–H groups in total. The van der Waals surface area contributed by atoms with Crippen LogP contribution in [-0.4, -0.2) is 51.3 Å². The number of amides is 2. The van der Waals surface area contributed by atoms with E-state index in [0.29, 0.717) is 17.7 Å². The third-order valence-electron chi connectivity index (χ3n) is 5.42. The van der Waals surface area contributed by atoms with Crippen molar-refractivity contribution in [2.45, 2.75) is 18.6 Å². The molecule has 2 aliphatic rings. The summed E-state index contributed by atoms with van der Waals surface area (Å²) in [6.07, 6.45) is 6.07. The van der Waals surface area contributed by atoms with Gasteiger partial charge in [0.2, 0.25) is 0 Å². The Bertz CT molecular complexity index is 1160. The van der Waals surface area contributed by atoms with Gasteiger partial charge >= 0.3 is 6.03 Å². The Balaban J connectivity index is 1.23. The van der Waals surface area contributed by atoms with Gasteiger partial charge in [-0.1, -0.05) is 0 Å². The Morgan fingerprint density at radius 1 is 1.12 bits per heavy atom. The van der Waals surface area contributed by atoms with Crippen molar-refractivity contribution in [2.24, 2.45) is 5.10 Å². The van der Waals surface area contributed by atoms with Crippen LogP contribution in [0.5, 0.6) is 5.75 Å². The van der Waals surface area contributed by atoms with Gasteiger partial charge in [0, 0.05) is 42.7 Å². The van der Waals surface area contributed by atoms with E-state index in [1.165, 1.54) is 34.3 Å². The van der Waals surface area contributed by atoms with Gasteiger partial charge in [0.15, 0.2) is 11.6 Å². The standard InChI is InChI=1S/C22H18F3N5O2/c23-15-5-14(6-16(24)7-15)20-2-4-28-30(20)22(31)29-11-17(12-29)32-21-8-19(27-10-18(21)25)13-1-3-26-9-13/h1,3-10,17,20,26H,2,11-12H2. The van der Waals surface area contributed by atoms with Crippen molar-refractivity contribution in [2.75, 3.05) is 13.1 Å². The average Bonchev–Trinajstić information content (AvgIpc) is 3.42. The molecule has 2 amide bonds. The highest BCUT2D eigenvalue weighted by molar-refractivity contribution is 5.79. The number of nitrogens with zero attached hydrogens (tertiary/aromatic N) is 4. The summed E-state index contributed by atoms with van der Waals surface area (Å²) in [5.74, 6) is -1.96. The zero-order chi connectivity index (χ0) is 22.2. The lowest BCUT2D eigenvalue weighted by Crippen LogP contribution is -2.58. The summed E-state index contributed by atoms with van der Waals surface area (Å²) in [6, 6.07) is 5.50. The Kier molecular flexibility index (Phi) is 5.04. The lowest BCUT2D eigenvalue weighted by Gasteiger charge is -2.41. The van der Waals surface area contributed by atoms with Crippen LogP contribution >= 0.6 is 0 Å². The van der Waals surface area contributed by atoms with E-state index in [1.54, 1.807) is 12.4 Å². The summed E-state index contributed by atoms with van der Waals surface area (Å²) in [6.45, 7) is 0.465.